The van der Waals surface area contributed by atoms with Gasteiger partial charge in [-0.25, -0.2) is 0 Å². The molecule has 0 amide bonds. The molecule has 0 bridgehead atoms. The van der Waals surface area contributed by atoms with Gasteiger partial charge in [-0.15, -0.1) is 0 Å². The Morgan fingerprint density at radius 3 is 2.38 bits per heavy atom. The number of hydrogen-bond donors (Lipinski definition) is 1. The first kappa shape index (κ1) is 11.3. The zero-order chi connectivity index (χ0) is 11.6. The van der Waals surface area contributed by atoms with Crippen molar-refractivity contribution >= 4 is 11.3 Å². The number of benzene rings is 1. The van der Waals surface area contributed by atoms with E-state index in [1.165, 1.54) is 16.8 Å². The second-order valence-electron chi connectivity index (χ2n) is 4.56. The van der Waals surface area contributed by atoms with Crippen molar-refractivity contribution in [3.63, 3.8) is 0 Å². The van der Waals surface area contributed by atoms with Crippen LogP contribution in [0.15, 0.2) is 30.3 Å². The van der Waals surface area contributed by atoms with Crippen molar-refractivity contribution in [3.05, 3.63) is 35.9 Å². The molecular formula is C15H21N. The van der Waals surface area contributed by atoms with Gasteiger partial charge in [-0.1, -0.05) is 45.0 Å². The smallest absolute Gasteiger partial charge is 0.0557 e. The fraction of sp³-hybridized carbons (Fsp3) is 0.467. The summed E-state index contributed by atoms with van der Waals surface area (Å²) in [6, 6.07) is 8.64. The lowest BCUT2D eigenvalue weighted by atomic mass is 9.83. The minimum Gasteiger partial charge on any atom is -0.376 e. The number of allylic oxidation sites excluding steroid dienone is 1. The molecule has 1 heteroatoms. The fourth-order valence-corrected chi connectivity index (χ4v) is 2.51. The van der Waals surface area contributed by atoms with E-state index in [-0.39, 0.29) is 5.54 Å². The van der Waals surface area contributed by atoms with E-state index in [0.717, 1.165) is 19.3 Å². The van der Waals surface area contributed by atoms with Gasteiger partial charge in [0.1, 0.15) is 0 Å². The highest BCUT2D eigenvalue weighted by Crippen LogP contribution is 2.38. The molecule has 1 aliphatic rings. The first-order chi connectivity index (χ1) is 7.74. The normalized spacial score (nSPS) is 17.3. The summed E-state index contributed by atoms with van der Waals surface area (Å²) in [5.74, 6) is 0. The van der Waals surface area contributed by atoms with Gasteiger partial charge in [0.05, 0.1) is 5.54 Å². The maximum atomic E-state index is 3.70. The van der Waals surface area contributed by atoms with E-state index in [1.807, 2.05) is 0 Å². The molecule has 1 heterocycles. The standard InChI is InChI=1S/C15H21N/c1-4-12-11-15(5-2,6-3)16-14-10-8-7-9-13(12)14/h7-11,16H,4-6H2,1-3H3. The van der Waals surface area contributed by atoms with Crippen LogP contribution in [0.1, 0.15) is 45.6 Å². The third kappa shape index (κ3) is 1.75. The summed E-state index contributed by atoms with van der Waals surface area (Å²) in [7, 11) is 0. The van der Waals surface area contributed by atoms with E-state index in [0.29, 0.717) is 0 Å². The zero-order valence-electron chi connectivity index (χ0n) is 10.5. The molecule has 0 saturated carbocycles. The summed E-state index contributed by atoms with van der Waals surface area (Å²) in [5.41, 5.74) is 4.32. The van der Waals surface area contributed by atoms with Gasteiger partial charge in [0, 0.05) is 11.3 Å². The Morgan fingerprint density at radius 2 is 1.75 bits per heavy atom. The van der Waals surface area contributed by atoms with Crippen molar-refractivity contribution in [1.29, 1.82) is 0 Å². The monoisotopic (exact) mass is 215 g/mol. The van der Waals surface area contributed by atoms with Crippen LogP contribution in [0, 0.1) is 0 Å². The summed E-state index contributed by atoms with van der Waals surface area (Å²) >= 11 is 0. The summed E-state index contributed by atoms with van der Waals surface area (Å²) in [6.45, 7) is 6.76. The first-order valence-corrected chi connectivity index (χ1v) is 6.34. The van der Waals surface area contributed by atoms with E-state index in [4.69, 9.17) is 0 Å². The highest BCUT2D eigenvalue weighted by atomic mass is 15.0. The summed E-state index contributed by atoms with van der Waals surface area (Å²) in [6.07, 6.45) is 5.83. The number of anilines is 1. The van der Waals surface area contributed by atoms with Crippen LogP contribution in [0.25, 0.3) is 5.57 Å². The van der Waals surface area contributed by atoms with E-state index >= 15 is 0 Å². The molecular weight excluding hydrogens is 194 g/mol. The van der Waals surface area contributed by atoms with Crippen LogP contribution in [-0.2, 0) is 0 Å². The Bertz CT molecular complexity index is 400. The highest BCUT2D eigenvalue weighted by molar-refractivity contribution is 5.81. The van der Waals surface area contributed by atoms with Gasteiger partial charge < -0.3 is 5.32 Å². The number of para-hydroxylation sites is 1. The van der Waals surface area contributed by atoms with Gasteiger partial charge in [-0.05, 0) is 30.9 Å². The van der Waals surface area contributed by atoms with Crippen LogP contribution >= 0.6 is 0 Å². The van der Waals surface area contributed by atoms with Gasteiger partial charge in [-0.3, -0.25) is 0 Å². The largest absolute Gasteiger partial charge is 0.376 e. The molecule has 0 radical (unpaired) electrons. The molecule has 1 N–H and O–H groups in total. The molecule has 0 atom stereocenters. The predicted molar refractivity (Wildman–Crippen MR) is 71.6 cm³/mol. The molecule has 16 heavy (non-hydrogen) atoms. The maximum Gasteiger partial charge on any atom is 0.0557 e. The van der Waals surface area contributed by atoms with E-state index < -0.39 is 0 Å². The molecule has 1 aromatic rings. The minimum absolute atomic E-state index is 0.166. The van der Waals surface area contributed by atoms with Crippen LogP contribution < -0.4 is 5.32 Å². The second-order valence-corrected chi connectivity index (χ2v) is 4.56. The molecule has 0 aliphatic carbocycles. The molecule has 86 valence electrons. The molecule has 1 nitrogen and oxygen atoms in total. The van der Waals surface area contributed by atoms with Crippen LogP contribution in [0.4, 0.5) is 5.69 Å². The third-order valence-corrected chi connectivity index (χ3v) is 3.75. The molecule has 0 spiro atoms. The lowest BCUT2D eigenvalue weighted by Crippen LogP contribution is -2.37. The quantitative estimate of drug-likeness (QED) is 0.784. The Morgan fingerprint density at radius 1 is 1.06 bits per heavy atom. The highest BCUT2D eigenvalue weighted by Gasteiger charge is 2.28. The summed E-state index contributed by atoms with van der Waals surface area (Å²) in [5, 5.41) is 3.70. The molecule has 0 fully saturated rings. The molecule has 1 aromatic carbocycles. The summed E-state index contributed by atoms with van der Waals surface area (Å²) in [4.78, 5) is 0. The minimum atomic E-state index is 0.166. The van der Waals surface area contributed by atoms with Crippen LogP contribution in [-0.4, -0.2) is 5.54 Å². The maximum absolute atomic E-state index is 3.70. The topological polar surface area (TPSA) is 12.0 Å². The van der Waals surface area contributed by atoms with Crippen LogP contribution in [0.5, 0.6) is 0 Å². The number of fused-ring (bicyclic) bond motifs is 1. The van der Waals surface area contributed by atoms with Crippen molar-refractivity contribution in [2.24, 2.45) is 0 Å². The average molecular weight is 215 g/mol. The Labute approximate surface area is 98.6 Å². The summed E-state index contributed by atoms with van der Waals surface area (Å²) < 4.78 is 0. The van der Waals surface area contributed by atoms with Gasteiger partial charge in [0.15, 0.2) is 0 Å². The SMILES string of the molecule is CCC1=CC(CC)(CC)Nc2ccccc21. The molecule has 2 rings (SSSR count). The first-order valence-electron chi connectivity index (χ1n) is 6.34. The fourth-order valence-electron chi connectivity index (χ4n) is 2.51. The lowest BCUT2D eigenvalue weighted by molar-refractivity contribution is 0.532. The molecule has 1 aliphatic heterocycles. The molecule has 0 saturated heterocycles. The van der Waals surface area contributed by atoms with Crippen LogP contribution in [0.3, 0.4) is 0 Å². The van der Waals surface area contributed by atoms with Gasteiger partial charge in [0.25, 0.3) is 0 Å². The number of hydrogen-bond acceptors (Lipinski definition) is 1. The van der Waals surface area contributed by atoms with Gasteiger partial charge >= 0.3 is 0 Å². The lowest BCUT2D eigenvalue weighted by Gasteiger charge is -2.37. The van der Waals surface area contributed by atoms with Gasteiger partial charge in [0.2, 0.25) is 0 Å². The van der Waals surface area contributed by atoms with E-state index in [1.54, 1.807) is 0 Å². The van der Waals surface area contributed by atoms with Crippen LogP contribution in [0.2, 0.25) is 0 Å². The van der Waals surface area contributed by atoms with Crippen molar-refractivity contribution in [3.8, 4) is 0 Å². The van der Waals surface area contributed by atoms with Crippen molar-refractivity contribution in [2.45, 2.75) is 45.6 Å². The number of nitrogens with one attached hydrogen (secondary N) is 1. The van der Waals surface area contributed by atoms with Crippen molar-refractivity contribution in [1.82, 2.24) is 0 Å². The number of rotatable bonds is 3. The zero-order valence-corrected chi connectivity index (χ0v) is 10.5. The Balaban J connectivity index is 2.50. The molecule has 0 aromatic heterocycles. The van der Waals surface area contributed by atoms with E-state index in [2.05, 4.69) is 56.4 Å². The molecule has 0 unspecified atom stereocenters. The van der Waals surface area contributed by atoms with Gasteiger partial charge in [-0.2, -0.15) is 0 Å². The second kappa shape index (κ2) is 4.32. The van der Waals surface area contributed by atoms with E-state index in [9.17, 15) is 0 Å². The Hall–Kier alpha value is -1.24. The predicted octanol–water partition coefficient (Wildman–Crippen LogP) is 4.46. The Kier molecular flexibility index (Phi) is 3.04. The van der Waals surface area contributed by atoms with Crippen molar-refractivity contribution < 1.29 is 0 Å². The van der Waals surface area contributed by atoms with Crippen molar-refractivity contribution in [2.75, 3.05) is 5.32 Å². The average Bonchev–Trinajstić information content (AvgIpc) is 2.37. The third-order valence-electron chi connectivity index (χ3n) is 3.75.